The van der Waals surface area contributed by atoms with Gasteiger partial charge in [-0.3, -0.25) is 0 Å². The largest absolute Gasteiger partial charge is 0.323 e. The normalized spacial score (nSPS) is 12.0. The van der Waals surface area contributed by atoms with Crippen molar-refractivity contribution in [3.05, 3.63) is 0 Å². The van der Waals surface area contributed by atoms with E-state index in [1.165, 1.54) is 0 Å². The molecule has 2 nitrogen and oxygen atoms in total. The smallest absolute Gasteiger partial charge is 0.0373 e. The molecule has 0 atom stereocenters. The molecule has 0 amide bonds. The topological polar surface area (TPSA) is 38.4 Å². The Morgan fingerprint density at radius 1 is 1.50 bits per heavy atom. The van der Waals surface area contributed by atoms with Crippen molar-refractivity contribution in [3.8, 4) is 0 Å². The number of hydrazone groups is 1. The Bertz CT molecular complexity index is 76.6. The van der Waals surface area contributed by atoms with E-state index in [1.807, 2.05) is 0 Å². The standard InChI is InChI=1S/C6H14N2/c1-3-5-6(4-2)8-7/h3-5,7H2,1-2H3/b8-6-. The summed E-state index contributed by atoms with van der Waals surface area (Å²) in [5.41, 5.74) is 1.12. The molecule has 0 fully saturated rings. The van der Waals surface area contributed by atoms with E-state index in [0.29, 0.717) is 0 Å². The molecule has 0 aromatic rings. The van der Waals surface area contributed by atoms with Crippen LogP contribution in [0.1, 0.15) is 33.1 Å². The van der Waals surface area contributed by atoms with Crippen molar-refractivity contribution in [2.75, 3.05) is 0 Å². The van der Waals surface area contributed by atoms with Crippen molar-refractivity contribution in [2.24, 2.45) is 10.9 Å². The predicted molar refractivity (Wildman–Crippen MR) is 36.8 cm³/mol. The maximum atomic E-state index is 5.06. The van der Waals surface area contributed by atoms with Gasteiger partial charge in [-0.05, 0) is 12.8 Å². The van der Waals surface area contributed by atoms with Crippen LogP contribution in [0, 0.1) is 0 Å². The molecule has 0 saturated carbocycles. The van der Waals surface area contributed by atoms with Crippen molar-refractivity contribution in [1.82, 2.24) is 0 Å². The first-order valence-corrected chi connectivity index (χ1v) is 3.10. The molecule has 0 spiro atoms. The maximum absolute atomic E-state index is 5.06. The Balaban J connectivity index is 3.38. The predicted octanol–water partition coefficient (Wildman–Crippen LogP) is 1.51. The molecule has 0 bridgehead atoms. The first-order valence-electron chi connectivity index (χ1n) is 3.10. The lowest BCUT2D eigenvalue weighted by molar-refractivity contribution is 0.954. The molecule has 2 heteroatoms. The van der Waals surface area contributed by atoms with Crippen LogP contribution in [0.2, 0.25) is 0 Å². The molecule has 0 aliphatic carbocycles. The van der Waals surface area contributed by atoms with Crippen LogP contribution in [0.3, 0.4) is 0 Å². The summed E-state index contributed by atoms with van der Waals surface area (Å²) >= 11 is 0. The molecule has 0 aromatic heterocycles. The molecule has 0 aliphatic rings. The highest BCUT2D eigenvalue weighted by Crippen LogP contribution is 1.93. The Morgan fingerprint density at radius 2 is 2.12 bits per heavy atom. The third-order valence-corrected chi connectivity index (χ3v) is 1.13. The van der Waals surface area contributed by atoms with Crippen LogP contribution in [0.4, 0.5) is 0 Å². The fourth-order valence-electron chi connectivity index (χ4n) is 0.621. The maximum Gasteiger partial charge on any atom is 0.0373 e. The van der Waals surface area contributed by atoms with E-state index in [2.05, 4.69) is 18.9 Å². The minimum absolute atomic E-state index is 0.990. The van der Waals surface area contributed by atoms with E-state index in [0.717, 1.165) is 25.0 Å². The molecule has 0 aliphatic heterocycles. The lowest BCUT2D eigenvalue weighted by Gasteiger charge is -1.95. The Morgan fingerprint density at radius 3 is 2.25 bits per heavy atom. The van der Waals surface area contributed by atoms with Gasteiger partial charge in [0.05, 0.1) is 0 Å². The molecule has 2 N–H and O–H groups in total. The van der Waals surface area contributed by atoms with Crippen molar-refractivity contribution >= 4 is 5.71 Å². The van der Waals surface area contributed by atoms with Gasteiger partial charge in [-0.1, -0.05) is 20.3 Å². The van der Waals surface area contributed by atoms with Gasteiger partial charge in [-0.2, -0.15) is 5.10 Å². The Kier molecular flexibility index (Phi) is 4.32. The zero-order chi connectivity index (χ0) is 6.41. The van der Waals surface area contributed by atoms with Gasteiger partial charge in [-0.25, -0.2) is 0 Å². The van der Waals surface area contributed by atoms with Gasteiger partial charge in [0.2, 0.25) is 0 Å². The molecular formula is C6H14N2. The summed E-state index contributed by atoms with van der Waals surface area (Å²) in [5, 5.41) is 3.61. The van der Waals surface area contributed by atoms with E-state index in [1.54, 1.807) is 0 Å². The summed E-state index contributed by atoms with van der Waals surface area (Å²) in [4.78, 5) is 0. The van der Waals surface area contributed by atoms with Crippen LogP contribution in [0.15, 0.2) is 5.10 Å². The van der Waals surface area contributed by atoms with E-state index in [4.69, 9.17) is 5.84 Å². The van der Waals surface area contributed by atoms with Gasteiger partial charge in [0.25, 0.3) is 0 Å². The first-order chi connectivity index (χ1) is 3.85. The molecule has 0 saturated heterocycles. The minimum atomic E-state index is 0.990. The molecule has 0 aromatic carbocycles. The number of hydrogen-bond donors (Lipinski definition) is 1. The monoisotopic (exact) mass is 114 g/mol. The SMILES string of the molecule is CCC/C(CC)=N\N. The summed E-state index contributed by atoms with van der Waals surface area (Å²) < 4.78 is 0. The molecule has 0 rings (SSSR count). The number of rotatable bonds is 3. The summed E-state index contributed by atoms with van der Waals surface area (Å²) in [5.74, 6) is 5.06. The lowest BCUT2D eigenvalue weighted by Crippen LogP contribution is -1.98. The van der Waals surface area contributed by atoms with E-state index in [-0.39, 0.29) is 0 Å². The minimum Gasteiger partial charge on any atom is -0.323 e. The fourth-order valence-corrected chi connectivity index (χ4v) is 0.621. The average Bonchev–Trinajstić information content (AvgIpc) is 1.83. The summed E-state index contributed by atoms with van der Waals surface area (Å²) in [6.07, 6.45) is 3.18. The first kappa shape index (κ1) is 7.47. The molecule has 0 unspecified atom stereocenters. The van der Waals surface area contributed by atoms with Crippen molar-refractivity contribution in [3.63, 3.8) is 0 Å². The second-order valence-corrected chi connectivity index (χ2v) is 1.80. The van der Waals surface area contributed by atoms with E-state index >= 15 is 0 Å². The van der Waals surface area contributed by atoms with Crippen molar-refractivity contribution in [1.29, 1.82) is 0 Å². The summed E-state index contributed by atoms with van der Waals surface area (Å²) in [6.45, 7) is 4.20. The fraction of sp³-hybridized carbons (Fsp3) is 0.833. The van der Waals surface area contributed by atoms with Gasteiger partial charge in [0, 0.05) is 5.71 Å². The zero-order valence-electron chi connectivity index (χ0n) is 5.65. The molecule has 8 heavy (non-hydrogen) atoms. The van der Waals surface area contributed by atoms with E-state index in [9.17, 15) is 0 Å². The van der Waals surface area contributed by atoms with Crippen molar-refractivity contribution < 1.29 is 0 Å². The van der Waals surface area contributed by atoms with Crippen LogP contribution in [-0.4, -0.2) is 5.71 Å². The zero-order valence-corrected chi connectivity index (χ0v) is 5.65. The highest BCUT2D eigenvalue weighted by molar-refractivity contribution is 5.83. The van der Waals surface area contributed by atoms with E-state index < -0.39 is 0 Å². The van der Waals surface area contributed by atoms with Crippen LogP contribution < -0.4 is 5.84 Å². The summed E-state index contributed by atoms with van der Waals surface area (Å²) in [7, 11) is 0. The molecule has 48 valence electrons. The number of hydrogen-bond acceptors (Lipinski definition) is 2. The average molecular weight is 114 g/mol. The molecular weight excluding hydrogens is 100 g/mol. The highest BCUT2D eigenvalue weighted by Gasteiger charge is 1.89. The Labute approximate surface area is 50.8 Å². The van der Waals surface area contributed by atoms with Gasteiger partial charge < -0.3 is 5.84 Å². The highest BCUT2D eigenvalue weighted by atomic mass is 15.1. The van der Waals surface area contributed by atoms with Crippen LogP contribution in [0.5, 0.6) is 0 Å². The third kappa shape index (κ3) is 2.61. The second kappa shape index (κ2) is 4.62. The Hall–Kier alpha value is -0.530. The van der Waals surface area contributed by atoms with Gasteiger partial charge in [-0.15, -0.1) is 0 Å². The lowest BCUT2D eigenvalue weighted by atomic mass is 10.2. The van der Waals surface area contributed by atoms with Gasteiger partial charge >= 0.3 is 0 Å². The van der Waals surface area contributed by atoms with Gasteiger partial charge in [0.1, 0.15) is 0 Å². The second-order valence-electron chi connectivity index (χ2n) is 1.80. The summed E-state index contributed by atoms with van der Waals surface area (Å²) in [6, 6.07) is 0. The van der Waals surface area contributed by atoms with Gasteiger partial charge in [0.15, 0.2) is 0 Å². The van der Waals surface area contributed by atoms with Crippen molar-refractivity contribution in [2.45, 2.75) is 33.1 Å². The molecule has 0 radical (unpaired) electrons. The number of nitrogens with zero attached hydrogens (tertiary/aromatic N) is 1. The van der Waals surface area contributed by atoms with Crippen LogP contribution in [0.25, 0.3) is 0 Å². The third-order valence-electron chi connectivity index (χ3n) is 1.13. The quantitative estimate of drug-likeness (QED) is 0.337. The number of nitrogens with two attached hydrogens (primary N) is 1. The molecule has 0 heterocycles. The van der Waals surface area contributed by atoms with Crippen LogP contribution >= 0.6 is 0 Å². The van der Waals surface area contributed by atoms with Crippen LogP contribution in [-0.2, 0) is 0 Å².